The van der Waals surface area contributed by atoms with Crippen LogP contribution in [0.5, 0.6) is 0 Å². The lowest BCUT2D eigenvalue weighted by atomic mass is 10.1. The smallest absolute Gasteiger partial charge is 0.168 e. The number of hydrogen-bond acceptors (Lipinski definition) is 3. The van der Waals surface area contributed by atoms with Crippen LogP contribution < -0.4 is 0 Å². The van der Waals surface area contributed by atoms with E-state index >= 15 is 0 Å². The van der Waals surface area contributed by atoms with Crippen LogP contribution in [0.2, 0.25) is 0 Å². The SMILES string of the molecule is CCC1(CC)OC[C@H](CCOC)O1. The zero-order valence-electron chi connectivity index (χ0n) is 8.84. The van der Waals surface area contributed by atoms with Crippen molar-refractivity contribution < 1.29 is 14.2 Å². The zero-order chi connectivity index (χ0) is 9.73. The van der Waals surface area contributed by atoms with E-state index in [0.29, 0.717) is 6.61 Å². The van der Waals surface area contributed by atoms with Gasteiger partial charge >= 0.3 is 0 Å². The highest BCUT2D eigenvalue weighted by Crippen LogP contribution is 2.31. The molecule has 0 bridgehead atoms. The molecule has 0 aromatic rings. The first-order valence-electron chi connectivity index (χ1n) is 5.07. The van der Waals surface area contributed by atoms with Crippen LogP contribution >= 0.6 is 0 Å². The summed E-state index contributed by atoms with van der Waals surface area (Å²) < 4.78 is 16.5. The minimum absolute atomic E-state index is 0.222. The molecule has 1 heterocycles. The first kappa shape index (κ1) is 11.0. The molecular weight excluding hydrogens is 168 g/mol. The van der Waals surface area contributed by atoms with Crippen LogP contribution in [0.3, 0.4) is 0 Å². The van der Waals surface area contributed by atoms with Gasteiger partial charge in [-0.15, -0.1) is 0 Å². The fourth-order valence-corrected chi connectivity index (χ4v) is 1.63. The van der Waals surface area contributed by atoms with E-state index in [1.54, 1.807) is 7.11 Å². The molecule has 1 aliphatic rings. The fourth-order valence-electron chi connectivity index (χ4n) is 1.63. The largest absolute Gasteiger partial charge is 0.385 e. The van der Waals surface area contributed by atoms with E-state index in [-0.39, 0.29) is 11.9 Å². The summed E-state index contributed by atoms with van der Waals surface area (Å²) in [6, 6.07) is 0. The zero-order valence-corrected chi connectivity index (χ0v) is 8.84. The van der Waals surface area contributed by atoms with Crippen LogP contribution in [-0.2, 0) is 14.2 Å². The highest BCUT2D eigenvalue weighted by molar-refractivity contribution is 4.76. The van der Waals surface area contributed by atoms with Gasteiger partial charge in [0.2, 0.25) is 0 Å². The van der Waals surface area contributed by atoms with Crippen molar-refractivity contribution in [2.45, 2.75) is 45.0 Å². The van der Waals surface area contributed by atoms with Crippen molar-refractivity contribution in [3.05, 3.63) is 0 Å². The molecule has 1 atom stereocenters. The van der Waals surface area contributed by atoms with Gasteiger partial charge in [-0.05, 0) is 19.3 Å². The van der Waals surface area contributed by atoms with Crippen molar-refractivity contribution in [2.75, 3.05) is 20.3 Å². The van der Waals surface area contributed by atoms with Gasteiger partial charge < -0.3 is 14.2 Å². The summed E-state index contributed by atoms with van der Waals surface area (Å²) in [5.74, 6) is -0.307. The molecule has 0 amide bonds. The molecule has 3 nitrogen and oxygen atoms in total. The molecule has 0 aliphatic carbocycles. The predicted molar refractivity (Wildman–Crippen MR) is 50.6 cm³/mol. The monoisotopic (exact) mass is 188 g/mol. The van der Waals surface area contributed by atoms with E-state index < -0.39 is 0 Å². The molecule has 1 saturated heterocycles. The van der Waals surface area contributed by atoms with E-state index in [1.165, 1.54) is 0 Å². The number of rotatable bonds is 5. The normalized spacial score (nSPS) is 26.5. The highest BCUT2D eigenvalue weighted by atomic mass is 16.7. The van der Waals surface area contributed by atoms with Gasteiger partial charge in [0.15, 0.2) is 5.79 Å². The Hall–Kier alpha value is -0.120. The van der Waals surface area contributed by atoms with Gasteiger partial charge in [0.1, 0.15) is 0 Å². The van der Waals surface area contributed by atoms with Crippen LogP contribution in [0.15, 0.2) is 0 Å². The first-order chi connectivity index (χ1) is 6.26. The second-order valence-corrected chi connectivity index (χ2v) is 3.45. The Labute approximate surface area is 80.4 Å². The predicted octanol–water partition coefficient (Wildman–Crippen LogP) is 1.95. The van der Waals surface area contributed by atoms with Crippen LogP contribution in [0, 0.1) is 0 Å². The molecule has 1 aliphatic heterocycles. The Morgan fingerprint density at radius 1 is 1.38 bits per heavy atom. The third-order valence-electron chi connectivity index (χ3n) is 2.64. The van der Waals surface area contributed by atoms with E-state index in [1.807, 2.05) is 0 Å². The molecule has 0 aromatic heterocycles. The van der Waals surface area contributed by atoms with Gasteiger partial charge in [0.05, 0.1) is 12.7 Å². The molecule has 0 spiro atoms. The molecule has 3 heteroatoms. The van der Waals surface area contributed by atoms with Gasteiger partial charge in [-0.3, -0.25) is 0 Å². The minimum atomic E-state index is -0.307. The third kappa shape index (κ3) is 2.66. The molecular formula is C10H20O3. The van der Waals surface area contributed by atoms with Crippen molar-refractivity contribution in [2.24, 2.45) is 0 Å². The lowest BCUT2D eigenvalue weighted by molar-refractivity contribution is -0.173. The maximum Gasteiger partial charge on any atom is 0.168 e. The lowest BCUT2D eigenvalue weighted by Gasteiger charge is -2.24. The van der Waals surface area contributed by atoms with Crippen molar-refractivity contribution in [3.63, 3.8) is 0 Å². The maximum atomic E-state index is 5.85. The fraction of sp³-hybridized carbons (Fsp3) is 1.00. The van der Waals surface area contributed by atoms with Crippen LogP contribution in [0.25, 0.3) is 0 Å². The van der Waals surface area contributed by atoms with Gasteiger partial charge in [-0.1, -0.05) is 13.8 Å². The van der Waals surface area contributed by atoms with E-state index in [0.717, 1.165) is 25.9 Å². The van der Waals surface area contributed by atoms with Gasteiger partial charge in [0, 0.05) is 13.7 Å². The molecule has 1 fully saturated rings. The molecule has 0 aromatic carbocycles. The molecule has 0 N–H and O–H groups in total. The van der Waals surface area contributed by atoms with Crippen LogP contribution in [0.4, 0.5) is 0 Å². The van der Waals surface area contributed by atoms with Crippen molar-refractivity contribution in [1.82, 2.24) is 0 Å². The summed E-state index contributed by atoms with van der Waals surface area (Å²) in [5, 5.41) is 0. The Morgan fingerprint density at radius 2 is 2.08 bits per heavy atom. The average Bonchev–Trinajstić information content (AvgIpc) is 2.59. The Bertz CT molecular complexity index is 143. The summed E-state index contributed by atoms with van der Waals surface area (Å²) >= 11 is 0. The summed E-state index contributed by atoms with van der Waals surface area (Å²) in [6.07, 6.45) is 3.00. The van der Waals surface area contributed by atoms with Crippen molar-refractivity contribution in [3.8, 4) is 0 Å². The summed E-state index contributed by atoms with van der Waals surface area (Å²) in [4.78, 5) is 0. The highest BCUT2D eigenvalue weighted by Gasteiger charge is 2.37. The topological polar surface area (TPSA) is 27.7 Å². The molecule has 78 valence electrons. The van der Waals surface area contributed by atoms with E-state index in [2.05, 4.69) is 13.8 Å². The lowest BCUT2D eigenvalue weighted by Crippen LogP contribution is -2.29. The molecule has 0 unspecified atom stereocenters. The van der Waals surface area contributed by atoms with Gasteiger partial charge in [-0.25, -0.2) is 0 Å². The first-order valence-corrected chi connectivity index (χ1v) is 5.07. The Kier molecular flexibility index (Phi) is 4.16. The number of ether oxygens (including phenoxy) is 3. The second-order valence-electron chi connectivity index (χ2n) is 3.45. The van der Waals surface area contributed by atoms with Crippen LogP contribution in [-0.4, -0.2) is 32.2 Å². The quantitative estimate of drug-likeness (QED) is 0.660. The molecule has 0 radical (unpaired) electrons. The summed E-state index contributed by atoms with van der Waals surface area (Å²) in [6.45, 7) is 5.66. The maximum absolute atomic E-state index is 5.85. The third-order valence-corrected chi connectivity index (χ3v) is 2.64. The Balaban J connectivity index is 2.33. The standard InChI is InChI=1S/C10H20O3/c1-4-10(5-2)12-8-9(13-10)6-7-11-3/h9H,4-8H2,1-3H3/t9-/m0/s1. The molecule has 0 saturated carbocycles. The Morgan fingerprint density at radius 3 is 2.54 bits per heavy atom. The number of methoxy groups -OCH3 is 1. The molecule has 1 rings (SSSR count). The van der Waals surface area contributed by atoms with E-state index in [4.69, 9.17) is 14.2 Å². The summed E-state index contributed by atoms with van der Waals surface area (Å²) in [5.41, 5.74) is 0. The van der Waals surface area contributed by atoms with Crippen LogP contribution in [0.1, 0.15) is 33.1 Å². The number of hydrogen-bond donors (Lipinski definition) is 0. The van der Waals surface area contributed by atoms with E-state index in [9.17, 15) is 0 Å². The van der Waals surface area contributed by atoms with Gasteiger partial charge in [-0.2, -0.15) is 0 Å². The van der Waals surface area contributed by atoms with Crippen molar-refractivity contribution in [1.29, 1.82) is 0 Å². The average molecular weight is 188 g/mol. The molecule has 13 heavy (non-hydrogen) atoms. The summed E-state index contributed by atoms with van der Waals surface area (Å²) in [7, 11) is 1.71. The second kappa shape index (κ2) is 4.94. The van der Waals surface area contributed by atoms with Crippen molar-refractivity contribution >= 4 is 0 Å². The minimum Gasteiger partial charge on any atom is -0.385 e. The van der Waals surface area contributed by atoms with Gasteiger partial charge in [0.25, 0.3) is 0 Å².